The minimum absolute atomic E-state index is 0.747. The van der Waals surface area contributed by atoms with E-state index in [1.807, 2.05) is 11.3 Å². The zero-order valence-corrected chi connectivity index (χ0v) is 13.7. The molecular weight excluding hydrogens is 308 g/mol. The molecule has 1 N–H and O–H groups in total. The third kappa shape index (κ3) is 4.05. The smallest absolute Gasteiger partial charge is 0.0300 e. The van der Waals surface area contributed by atoms with Gasteiger partial charge in [-0.1, -0.05) is 6.92 Å². The lowest BCUT2D eigenvalue weighted by Crippen LogP contribution is -2.45. The number of nitrogens with zero attached hydrogens (tertiary/aromatic N) is 1. The van der Waals surface area contributed by atoms with Crippen LogP contribution in [0.25, 0.3) is 0 Å². The van der Waals surface area contributed by atoms with Crippen molar-refractivity contribution in [3.8, 4) is 0 Å². The summed E-state index contributed by atoms with van der Waals surface area (Å²) in [6.45, 7) is 9.30. The first-order valence-corrected chi connectivity index (χ1v) is 8.52. The van der Waals surface area contributed by atoms with Crippen molar-refractivity contribution >= 4 is 27.3 Å². The molecule has 2 heterocycles. The molecule has 2 nitrogen and oxygen atoms in total. The van der Waals surface area contributed by atoms with Gasteiger partial charge < -0.3 is 5.32 Å². The number of piperidine rings is 1. The standard InChI is InChI=1S/C14H23BrN2S/c1-11-4-3-6-17(12(11)2)7-5-16-9-14-8-13(15)10-18-14/h8,10-12,16H,3-7,9H2,1-2H3. The Morgan fingerprint density at radius 2 is 2.33 bits per heavy atom. The van der Waals surface area contributed by atoms with Gasteiger partial charge in [0.1, 0.15) is 0 Å². The first kappa shape index (κ1) is 14.5. The van der Waals surface area contributed by atoms with Gasteiger partial charge in [-0.3, -0.25) is 4.90 Å². The normalized spacial score (nSPS) is 25.5. The molecule has 1 aromatic rings. The fourth-order valence-corrected chi connectivity index (χ4v) is 4.04. The minimum Gasteiger partial charge on any atom is -0.311 e. The van der Waals surface area contributed by atoms with Crippen LogP contribution < -0.4 is 5.32 Å². The molecule has 0 aliphatic carbocycles. The number of thiophene rings is 1. The summed E-state index contributed by atoms with van der Waals surface area (Å²) in [5, 5.41) is 5.69. The zero-order valence-electron chi connectivity index (χ0n) is 11.3. The molecule has 0 amide bonds. The molecule has 0 aromatic carbocycles. The SMILES string of the molecule is CC1CCCN(CCNCc2cc(Br)cs2)C1C. The van der Waals surface area contributed by atoms with Crippen molar-refractivity contribution in [3.63, 3.8) is 0 Å². The topological polar surface area (TPSA) is 15.3 Å². The van der Waals surface area contributed by atoms with Gasteiger partial charge in [-0.25, -0.2) is 0 Å². The molecule has 2 rings (SSSR count). The van der Waals surface area contributed by atoms with E-state index in [1.165, 1.54) is 35.3 Å². The molecular formula is C14H23BrN2S. The highest BCUT2D eigenvalue weighted by Crippen LogP contribution is 2.22. The van der Waals surface area contributed by atoms with Gasteiger partial charge in [-0.15, -0.1) is 11.3 Å². The molecule has 2 atom stereocenters. The highest BCUT2D eigenvalue weighted by Gasteiger charge is 2.23. The van der Waals surface area contributed by atoms with Crippen LogP contribution in [0.4, 0.5) is 0 Å². The lowest BCUT2D eigenvalue weighted by atomic mass is 9.92. The molecule has 18 heavy (non-hydrogen) atoms. The predicted octanol–water partition coefficient (Wildman–Crippen LogP) is 3.72. The Hall–Kier alpha value is 0.1000. The highest BCUT2D eigenvalue weighted by atomic mass is 79.9. The van der Waals surface area contributed by atoms with Gasteiger partial charge in [0.25, 0.3) is 0 Å². The zero-order chi connectivity index (χ0) is 13.0. The number of nitrogens with one attached hydrogen (secondary N) is 1. The molecule has 0 bridgehead atoms. The Morgan fingerprint density at radius 3 is 3.06 bits per heavy atom. The fraction of sp³-hybridized carbons (Fsp3) is 0.714. The second kappa shape index (κ2) is 7.04. The van der Waals surface area contributed by atoms with Gasteiger partial charge in [0.05, 0.1) is 0 Å². The van der Waals surface area contributed by atoms with E-state index in [0.717, 1.165) is 25.0 Å². The maximum absolute atomic E-state index is 3.55. The van der Waals surface area contributed by atoms with Crippen LogP contribution in [-0.2, 0) is 6.54 Å². The molecule has 1 fully saturated rings. The van der Waals surface area contributed by atoms with Crippen molar-refractivity contribution in [1.29, 1.82) is 0 Å². The van der Waals surface area contributed by atoms with Crippen LogP contribution in [-0.4, -0.2) is 30.6 Å². The molecule has 102 valence electrons. The van der Waals surface area contributed by atoms with E-state index < -0.39 is 0 Å². The van der Waals surface area contributed by atoms with Crippen LogP contribution in [0, 0.1) is 5.92 Å². The minimum atomic E-state index is 0.747. The summed E-state index contributed by atoms with van der Waals surface area (Å²) in [4.78, 5) is 4.04. The van der Waals surface area contributed by atoms with Crippen LogP contribution in [0.1, 0.15) is 31.6 Å². The number of likely N-dealkylation sites (tertiary alicyclic amines) is 1. The average Bonchev–Trinajstić information content (AvgIpc) is 2.76. The van der Waals surface area contributed by atoms with Crippen LogP contribution in [0.5, 0.6) is 0 Å². The molecule has 2 unspecified atom stereocenters. The Labute approximate surface area is 123 Å². The largest absolute Gasteiger partial charge is 0.311 e. The summed E-state index contributed by atoms with van der Waals surface area (Å²) >= 11 is 5.31. The van der Waals surface area contributed by atoms with E-state index in [9.17, 15) is 0 Å². The van der Waals surface area contributed by atoms with Crippen molar-refractivity contribution in [2.24, 2.45) is 5.92 Å². The predicted molar refractivity (Wildman–Crippen MR) is 83.2 cm³/mol. The second-order valence-electron chi connectivity index (χ2n) is 5.30. The summed E-state index contributed by atoms with van der Waals surface area (Å²) in [6, 6.07) is 2.94. The van der Waals surface area contributed by atoms with Crippen molar-refractivity contribution in [2.45, 2.75) is 39.3 Å². The summed E-state index contributed by atoms with van der Waals surface area (Å²) in [7, 11) is 0. The van der Waals surface area contributed by atoms with Crippen LogP contribution in [0.2, 0.25) is 0 Å². The molecule has 1 aromatic heterocycles. The monoisotopic (exact) mass is 330 g/mol. The maximum atomic E-state index is 3.55. The molecule has 1 aliphatic heterocycles. The third-order valence-electron chi connectivity index (χ3n) is 4.00. The Balaban J connectivity index is 1.66. The van der Waals surface area contributed by atoms with E-state index in [-0.39, 0.29) is 0 Å². The lowest BCUT2D eigenvalue weighted by Gasteiger charge is -2.37. The molecule has 0 saturated carbocycles. The molecule has 0 radical (unpaired) electrons. The summed E-state index contributed by atoms with van der Waals surface area (Å²) in [5.74, 6) is 0.854. The van der Waals surface area contributed by atoms with E-state index in [0.29, 0.717) is 0 Å². The van der Waals surface area contributed by atoms with Gasteiger partial charge in [-0.2, -0.15) is 0 Å². The molecule has 0 spiro atoms. The van der Waals surface area contributed by atoms with E-state index in [2.05, 4.69) is 51.4 Å². The van der Waals surface area contributed by atoms with Gasteiger partial charge in [-0.05, 0) is 54.2 Å². The maximum Gasteiger partial charge on any atom is 0.0300 e. The van der Waals surface area contributed by atoms with E-state index >= 15 is 0 Å². The van der Waals surface area contributed by atoms with Crippen molar-refractivity contribution in [2.75, 3.05) is 19.6 Å². The van der Waals surface area contributed by atoms with Gasteiger partial charge in [0.15, 0.2) is 0 Å². The number of hydrogen-bond donors (Lipinski definition) is 1. The van der Waals surface area contributed by atoms with Crippen molar-refractivity contribution < 1.29 is 0 Å². The van der Waals surface area contributed by atoms with Gasteiger partial charge >= 0.3 is 0 Å². The molecule has 1 saturated heterocycles. The third-order valence-corrected chi connectivity index (χ3v) is 5.70. The average molecular weight is 331 g/mol. The molecule has 4 heteroatoms. The van der Waals surface area contributed by atoms with E-state index in [4.69, 9.17) is 0 Å². The Morgan fingerprint density at radius 1 is 1.50 bits per heavy atom. The lowest BCUT2D eigenvalue weighted by molar-refractivity contribution is 0.115. The van der Waals surface area contributed by atoms with Gasteiger partial charge in [0, 0.05) is 40.4 Å². The number of halogens is 1. The summed E-state index contributed by atoms with van der Waals surface area (Å²) in [5.41, 5.74) is 0. The quantitative estimate of drug-likeness (QED) is 0.827. The van der Waals surface area contributed by atoms with Crippen molar-refractivity contribution in [1.82, 2.24) is 10.2 Å². The first-order valence-electron chi connectivity index (χ1n) is 6.84. The van der Waals surface area contributed by atoms with Crippen LogP contribution >= 0.6 is 27.3 Å². The second-order valence-corrected chi connectivity index (χ2v) is 7.22. The number of rotatable bonds is 5. The molecule has 1 aliphatic rings. The van der Waals surface area contributed by atoms with Gasteiger partial charge in [0.2, 0.25) is 0 Å². The van der Waals surface area contributed by atoms with E-state index in [1.54, 1.807) is 0 Å². The number of hydrogen-bond acceptors (Lipinski definition) is 3. The Kier molecular flexibility index (Phi) is 5.67. The first-order chi connectivity index (χ1) is 8.66. The van der Waals surface area contributed by atoms with Crippen LogP contribution in [0.15, 0.2) is 15.9 Å². The summed E-state index contributed by atoms with van der Waals surface area (Å²) < 4.78 is 1.20. The Bertz CT molecular complexity index is 366. The highest BCUT2D eigenvalue weighted by molar-refractivity contribution is 9.10. The summed E-state index contributed by atoms with van der Waals surface area (Å²) in [6.07, 6.45) is 2.76. The fourth-order valence-electron chi connectivity index (χ4n) is 2.62. The van der Waals surface area contributed by atoms with Crippen molar-refractivity contribution in [3.05, 3.63) is 20.8 Å². The van der Waals surface area contributed by atoms with Crippen LogP contribution in [0.3, 0.4) is 0 Å².